The standard InChI is InChI=1S/C38H37Cl2N5O6.H2O/c1-48-32-10-9-25(16-34(32)49-2)33(17-28-29(39)19-41-20-30(28)40)50-37(46)26-6-3-5-23(15-26)21-45(31-8-4-7-27-18-42-43-36(27)31)38(47)51-35-22-44-13-11-24(35)12-14-44;/h3-10,15-16,18-20,24,33,35H,11-14,17,21-22H2,1-2H3,(H,42,43);1H2/t33-,35-;/m0./s1. The van der Waals surface area contributed by atoms with Gasteiger partial charge in [0, 0.05) is 23.9 Å². The Balaban J connectivity index is 0.00000464. The molecule has 8 rings (SSSR count). The van der Waals surface area contributed by atoms with Gasteiger partial charge in [0.25, 0.3) is 0 Å². The Morgan fingerprint density at radius 3 is 2.46 bits per heavy atom. The molecule has 0 unspecified atom stereocenters. The maximum Gasteiger partial charge on any atom is 0.414 e. The number of H-pyrrole nitrogens is 2. The van der Waals surface area contributed by atoms with E-state index in [-0.39, 0.29) is 24.5 Å². The first-order chi connectivity index (χ1) is 24.8. The third-order valence-corrected chi connectivity index (χ3v) is 10.4. The predicted octanol–water partition coefficient (Wildman–Crippen LogP) is 6.90. The second kappa shape index (κ2) is 16.2. The molecule has 0 spiro atoms. The minimum absolute atomic E-state index is 0. The average Bonchev–Trinajstić information content (AvgIpc) is 3.65. The highest BCUT2D eigenvalue weighted by Gasteiger charge is 2.38. The number of fused-ring (bicyclic) bond motifs is 4. The van der Waals surface area contributed by atoms with Gasteiger partial charge in [-0.05, 0) is 73.3 Å². The van der Waals surface area contributed by atoms with Crippen molar-refractivity contribution in [1.82, 2.24) is 15.1 Å². The smallest absolute Gasteiger partial charge is 0.414 e. The van der Waals surface area contributed by atoms with Crippen LogP contribution in [0.3, 0.4) is 0 Å². The van der Waals surface area contributed by atoms with Crippen molar-refractivity contribution in [3.8, 4) is 11.5 Å². The van der Waals surface area contributed by atoms with Crippen LogP contribution >= 0.6 is 23.2 Å². The number of aromatic amines is 2. The van der Waals surface area contributed by atoms with Crippen LogP contribution in [-0.4, -0.2) is 72.6 Å². The van der Waals surface area contributed by atoms with Crippen LogP contribution in [0.2, 0.25) is 10.0 Å². The lowest BCUT2D eigenvalue weighted by molar-refractivity contribution is -0.377. The number of hydrogen-bond acceptors (Lipinski definition) is 9. The van der Waals surface area contributed by atoms with Gasteiger partial charge in [0.15, 0.2) is 23.9 Å². The zero-order valence-corrected chi connectivity index (χ0v) is 30.2. The van der Waals surface area contributed by atoms with E-state index in [9.17, 15) is 9.59 Å². The number of halogens is 2. The van der Waals surface area contributed by atoms with Gasteiger partial charge in [-0.25, -0.2) is 14.6 Å². The second-order valence-electron chi connectivity index (χ2n) is 12.8. The number of carbonyl (C=O) groups is 2. The molecule has 2 aromatic heterocycles. The van der Waals surface area contributed by atoms with Gasteiger partial charge >= 0.3 is 12.1 Å². The summed E-state index contributed by atoms with van der Waals surface area (Å²) in [5, 5.41) is 8.91. The molecule has 3 saturated heterocycles. The molecule has 3 aliphatic rings. The summed E-state index contributed by atoms with van der Waals surface area (Å²) in [6.45, 7) is 2.95. The van der Waals surface area contributed by atoms with Crippen LogP contribution in [0, 0.1) is 5.92 Å². The van der Waals surface area contributed by atoms with E-state index in [4.69, 9.17) is 42.1 Å². The number of carbonyl (C=O) groups excluding carboxylic acids is 2. The number of esters is 1. The molecule has 12 nitrogen and oxygen atoms in total. The van der Waals surface area contributed by atoms with Gasteiger partial charge < -0.3 is 24.4 Å². The van der Waals surface area contributed by atoms with E-state index in [1.807, 2.05) is 24.3 Å². The number of nitrogens with zero attached hydrogens (tertiary/aromatic N) is 3. The number of aromatic nitrogens is 3. The first-order valence-corrected chi connectivity index (χ1v) is 17.5. The number of piperidine rings is 3. The van der Waals surface area contributed by atoms with Gasteiger partial charge in [0.05, 0.1) is 43.7 Å². The summed E-state index contributed by atoms with van der Waals surface area (Å²) in [5.41, 5.74) is 3.63. The van der Waals surface area contributed by atoms with Crippen LogP contribution in [0.15, 0.2) is 79.3 Å². The van der Waals surface area contributed by atoms with E-state index >= 15 is 0 Å². The third-order valence-electron chi connectivity index (χ3n) is 9.73. The van der Waals surface area contributed by atoms with Crippen molar-refractivity contribution in [3.05, 3.63) is 112 Å². The van der Waals surface area contributed by atoms with Crippen LogP contribution in [0.4, 0.5) is 10.5 Å². The number of methoxy groups -OCH3 is 2. The minimum Gasteiger partial charge on any atom is -0.870 e. The molecule has 1 amide bonds. The summed E-state index contributed by atoms with van der Waals surface area (Å²) in [7, 11) is 3.09. The van der Waals surface area contributed by atoms with Crippen molar-refractivity contribution in [2.24, 2.45) is 5.92 Å². The van der Waals surface area contributed by atoms with Crippen molar-refractivity contribution < 1.29 is 39.0 Å². The van der Waals surface area contributed by atoms with Crippen molar-refractivity contribution in [3.63, 3.8) is 0 Å². The third kappa shape index (κ3) is 7.80. The molecule has 2 bridgehead atoms. The molecule has 5 aromatic rings. The first kappa shape index (κ1) is 36.9. The lowest BCUT2D eigenvalue weighted by Crippen LogP contribution is -2.53. The van der Waals surface area contributed by atoms with Crippen molar-refractivity contribution >= 4 is 51.9 Å². The average molecular weight is 749 g/mol. The van der Waals surface area contributed by atoms with E-state index < -0.39 is 18.2 Å². The van der Waals surface area contributed by atoms with Gasteiger partial charge in [-0.3, -0.25) is 14.9 Å². The van der Waals surface area contributed by atoms with Gasteiger partial charge in [-0.2, -0.15) is 5.10 Å². The molecule has 3 aliphatic heterocycles. The minimum atomic E-state index is -0.788. The van der Waals surface area contributed by atoms with E-state index in [0.717, 1.165) is 37.9 Å². The molecule has 0 saturated carbocycles. The lowest BCUT2D eigenvalue weighted by Gasteiger charge is -2.44. The Morgan fingerprint density at radius 1 is 1.00 bits per heavy atom. The van der Waals surface area contributed by atoms with E-state index in [0.29, 0.717) is 60.9 Å². The van der Waals surface area contributed by atoms with Crippen LogP contribution in [0.1, 0.15) is 46.0 Å². The molecule has 5 heterocycles. The topological polar surface area (TPSA) is 150 Å². The lowest BCUT2D eigenvalue weighted by atomic mass is 9.86. The van der Waals surface area contributed by atoms with Gasteiger partial charge in [0.1, 0.15) is 22.3 Å². The van der Waals surface area contributed by atoms with Crippen molar-refractivity contribution in [2.75, 3.05) is 38.8 Å². The van der Waals surface area contributed by atoms with E-state index in [1.165, 1.54) is 7.11 Å². The number of pyridine rings is 1. The normalized spacial score (nSPS) is 18.3. The van der Waals surface area contributed by atoms with E-state index in [1.54, 1.807) is 67.0 Å². The summed E-state index contributed by atoms with van der Waals surface area (Å²) in [5.74, 6) is 0.795. The number of anilines is 1. The summed E-state index contributed by atoms with van der Waals surface area (Å²) in [4.78, 5) is 34.8. The Labute approximate surface area is 310 Å². The molecule has 0 aliphatic carbocycles. The number of para-hydroxylation sites is 1. The molecule has 0 radical (unpaired) electrons. The van der Waals surface area contributed by atoms with Gasteiger partial charge in [0.2, 0.25) is 0 Å². The fourth-order valence-corrected chi connectivity index (χ4v) is 7.51. The predicted molar refractivity (Wildman–Crippen MR) is 195 cm³/mol. The molecule has 3 N–H and O–H groups in total. The van der Waals surface area contributed by atoms with Crippen LogP contribution < -0.4 is 19.4 Å². The molecular formula is C38H39Cl2N5O7. The number of rotatable bonds is 11. The van der Waals surface area contributed by atoms with Crippen LogP contribution in [0.25, 0.3) is 10.9 Å². The molecule has 52 heavy (non-hydrogen) atoms. The second-order valence-corrected chi connectivity index (χ2v) is 13.6. The highest BCUT2D eigenvalue weighted by atomic mass is 35.5. The molecular weight excluding hydrogens is 709 g/mol. The summed E-state index contributed by atoms with van der Waals surface area (Å²) >= 11 is 13.0. The molecule has 2 atom stereocenters. The largest absolute Gasteiger partial charge is 0.870 e. The van der Waals surface area contributed by atoms with Gasteiger partial charge in [-0.1, -0.05) is 53.5 Å². The molecule has 3 aromatic carbocycles. The first-order valence-electron chi connectivity index (χ1n) is 16.8. The number of amides is 1. The van der Waals surface area contributed by atoms with Gasteiger partial charge in [-0.15, -0.1) is 0 Å². The highest BCUT2D eigenvalue weighted by molar-refractivity contribution is 6.35. The van der Waals surface area contributed by atoms with Crippen molar-refractivity contribution in [2.45, 2.75) is 38.0 Å². The number of hydrogen-bond donors (Lipinski definition) is 1. The maximum absolute atomic E-state index is 14.0. The molecule has 272 valence electrons. The molecule has 3 fully saturated rings. The molecule has 14 heteroatoms. The van der Waals surface area contributed by atoms with Crippen LogP contribution in [0.5, 0.6) is 11.5 Å². The number of benzene rings is 3. The maximum atomic E-state index is 14.0. The Kier molecular flexibility index (Phi) is 11.5. The highest BCUT2D eigenvalue weighted by Crippen LogP contribution is 2.36. The number of nitrogens with one attached hydrogen (secondary N) is 2. The summed E-state index contributed by atoms with van der Waals surface area (Å²) < 4.78 is 23.4. The quantitative estimate of drug-likeness (QED) is 0.142. The summed E-state index contributed by atoms with van der Waals surface area (Å²) in [6.07, 6.45) is 5.77. The Hall–Kier alpha value is -4.88. The number of ether oxygens (including phenoxy) is 4. The fraction of sp³-hybridized carbons (Fsp3) is 0.316. The zero-order chi connectivity index (χ0) is 35.5. The Morgan fingerprint density at radius 2 is 1.75 bits per heavy atom. The van der Waals surface area contributed by atoms with E-state index in [2.05, 4.69) is 20.1 Å². The SMILES string of the molecule is COc1ccc([C@H](Cc2c(Cl)c[nH+]cc2Cl)OC(=O)c2cccc(CN(C(=O)O[C@H]3CN4CCC3CC4)c3cccc4cn[nH]c34)c2)cc1OC.[OH-]. The summed E-state index contributed by atoms with van der Waals surface area (Å²) in [6, 6.07) is 18.0. The van der Waals surface area contributed by atoms with Crippen molar-refractivity contribution in [1.29, 1.82) is 0 Å². The monoisotopic (exact) mass is 747 g/mol. The zero-order valence-electron chi connectivity index (χ0n) is 28.7. The Bertz CT molecular complexity index is 2030. The fourth-order valence-electron chi connectivity index (χ4n) is 6.98. The van der Waals surface area contributed by atoms with Crippen LogP contribution in [-0.2, 0) is 22.4 Å².